The summed E-state index contributed by atoms with van der Waals surface area (Å²) >= 11 is 0. The minimum Gasteiger partial charge on any atom is -0.497 e. The van der Waals surface area contributed by atoms with Crippen molar-refractivity contribution in [1.29, 1.82) is 0 Å². The van der Waals surface area contributed by atoms with E-state index in [4.69, 9.17) is 4.74 Å². The molecule has 0 aliphatic carbocycles. The van der Waals surface area contributed by atoms with Crippen molar-refractivity contribution in [1.82, 2.24) is 4.90 Å². The van der Waals surface area contributed by atoms with Crippen LogP contribution in [0.5, 0.6) is 5.75 Å². The highest BCUT2D eigenvalue weighted by Crippen LogP contribution is 2.22. The number of ether oxygens (including phenoxy) is 1. The third-order valence-corrected chi connectivity index (χ3v) is 4.53. The summed E-state index contributed by atoms with van der Waals surface area (Å²) < 4.78 is 5.26. The number of aryl methyl sites for hydroxylation is 3. The van der Waals surface area contributed by atoms with Gasteiger partial charge in [0.05, 0.1) is 13.2 Å². The Morgan fingerprint density at radius 2 is 1.80 bits per heavy atom. The van der Waals surface area contributed by atoms with Gasteiger partial charge in [0.25, 0.3) is 0 Å². The molecule has 4 heteroatoms. The van der Waals surface area contributed by atoms with E-state index in [1.54, 1.807) is 7.11 Å². The van der Waals surface area contributed by atoms with Gasteiger partial charge in [-0.1, -0.05) is 29.8 Å². The Kier molecular flexibility index (Phi) is 6.21. The van der Waals surface area contributed by atoms with Crippen molar-refractivity contribution in [2.75, 3.05) is 19.5 Å². The maximum absolute atomic E-state index is 12.7. The van der Waals surface area contributed by atoms with Crippen LogP contribution in [-0.4, -0.2) is 31.0 Å². The van der Waals surface area contributed by atoms with Crippen LogP contribution in [0, 0.1) is 20.8 Å². The van der Waals surface area contributed by atoms with E-state index in [-0.39, 0.29) is 11.9 Å². The summed E-state index contributed by atoms with van der Waals surface area (Å²) in [5.41, 5.74) is 5.42. The maximum atomic E-state index is 12.7. The zero-order chi connectivity index (χ0) is 18.6. The number of amides is 1. The first kappa shape index (κ1) is 19.0. The fraction of sp³-hybridized carbons (Fsp3) is 0.381. The van der Waals surface area contributed by atoms with Crippen LogP contribution in [0.25, 0.3) is 0 Å². The molecule has 0 radical (unpaired) electrons. The Morgan fingerprint density at radius 3 is 2.40 bits per heavy atom. The number of methoxy groups -OCH3 is 1. The van der Waals surface area contributed by atoms with Gasteiger partial charge in [0.1, 0.15) is 5.75 Å². The number of nitrogens with one attached hydrogen (secondary N) is 1. The highest BCUT2D eigenvalue weighted by molar-refractivity contribution is 5.95. The molecule has 1 N–H and O–H groups in total. The van der Waals surface area contributed by atoms with Gasteiger partial charge in [-0.05, 0) is 63.6 Å². The lowest BCUT2D eigenvalue weighted by atomic mass is 10.0. The monoisotopic (exact) mass is 340 g/mol. The summed E-state index contributed by atoms with van der Waals surface area (Å²) in [4.78, 5) is 14.7. The first-order valence-electron chi connectivity index (χ1n) is 8.53. The van der Waals surface area contributed by atoms with Crippen LogP contribution < -0.4 is 10.1 Å². The number of nitrogens with zero attached hydrogens (tertiary/aromatic N) is 1. The maximum Gasteiger partial charge on any atom is 0.241 e. The van der Waals surface area contributed by atoms with Crippen LogP contribution in [0.1, 0.15) is 29.2 Å². The Labute approximate surface area is 150 Å². The Bertz CT molecular complexity index is 732. The number of hydrogen-bond donors (Lipinski definition) is 1. The molecule has 2 aromatic carbocycles. The van der Waals surface area contributed by atoms with Crippen molar-refractivity contribution in [2.24, 2.45) is 0 Å². The third-order valence-electron chi connectivity index (χ3n) is 4.53. The van der Waals surface area contributed by atoms with E-state index in [1.165, 1.54) is 5.56 Å². The Balaban J connectivity index is 2.06. The SMILES string of the molecule is COc1cccc(CN(C)[C@@H](C)C(=O)Nc2c(C)cc(C)cc2C)c1. The molecule has 0 aromatic heterocycles. The van der Waals surface area contributed by atoms with Gasteiger partial charge in [-0.3, -0.25) is 9.69 Å². The average Bonchev–Trinajstić information content (AvgIpc) is 2.57. The second-order valence-electron chi connectivity index (χ2n) is 6.71. The molecular formula is C21H28N2O2. The molecular weight excluding hydrogens is 312 g/mol. The smallest absolute Gasteiger partial charge is 0.241 e. The predicted molar refractivity (Wildman–Crippen MR) is 103 cm³/mol. The number of rotatable bonds is 6. The van der Waals surface area contributed by atoms with E-state index < -0.39 is 0 Å². The number of benzene rings is 2. The van der Waals surface area contributed by atoms with Gasteiger partial charge < -0.3 is 10.1 Å². The molecule has 2 rings (SSSR count). The van der Waals surface area contributed by atoms with Gasteiger partial charge in [-0.15, -0.1) is 0 Å². The minimum absolute atomic E-state index is 0.000416. The molecule has 4 nitrogen and oxygen atoms in total. The van der Waals surface area contributed by atoms with Crippen LogP contribution in [0.2, 0.25) is 0 Å². The van der Waals surface area contributed by atoms with E-state index in [0.29, 0.717) is 6.54 Å². The molecule has 0 aliphatic rings. The van der Waals surface area contributed by atoms with E-state index in [0.717, 1.165) is 28.1 Å². The third kappa shape index (κ3) is 4.83. The molecule has 2 aromatic rings. The Hall–Kier alpha value is -2.33. The highest BCUT2D eigenvalue weighted by Gasteiger charge is 2.19. The lowest BCUT2D eigenvalue weighted by molar-refractivity contribution is -0.120. The van der Waals surface area contributed by atoms with E-state index in [1.807, 2.05) is 57.0 Å². The second kappa shape index (κ2) is 8.17. The zero-order valence-corrected chi connectivity index (χ0v) is 16.0. The lowest BCUT2D eigenvalue weighted by Gasteiger charge is -2.25. The van der Waals surface area contributed by atoms with Crippen molar-refractivity contribution >= 4 is 11.6 Å². The molecule has 0 saturated heterocycles. The summed E-state index contributed by atoms with van der Waals surface area (Å²) in [6.45, 7) is 8.72. The summed E-state index contributed by atoms with van der Waals surface area (Å²) in [5.74, 6) is 0.828. The van der Waals surface area contributed by atoms with Crippen molar-refractivity contribution in [3.8, 4) is 5.75 Å². The van der Waals surface area contributed by atoms with Gasteiger partial charge in [0, 0.05) is 12.2 Å². The van der Waals surface area contributed by atoms with Gasteiger partial charge in [-0.2, -0.15) is 0 Å². The van der Waals surface area contributed by atoms with Crippen LogP contribution >= 0.6 is 0 Å². The first-order valence-corrected chi connectivity index (χ1v) is 8.53. The summed E-state index contributed by atoms with van der Waals surface area (Å²) in [7, 11) is 3.61. The number of carbonyl (C=O) groups is 1. The van der Waals surface area contributed by atoms with Crippen molar-refractivity contribution < 1.29 is 9.53 Å². The zero-order valence-electron chi connectivity index (χ0n) is 16.0. The summed E-state index contributed by atoms with van der Waals surface area (Å²) in [5, 5.41) is 3.09. The molecule has 0 bridgehead atoms. The standard InChI is InChI=1S/C21H28N2O2/c1-14-10-15(2)20(16(3)11-14)22-21(24)17(4)23(5)13-18-8-7-9-19(12-18)25-6/h7-12,17H,13H2,1-6H3,(H,22,24)/t17-/m0/s1. The van der Waals surface area contributed by atoms with E-state index in [2.05, 4.69) is 24.4 Å². The average molecular weight is 340 g/mol. The minimum atomic E-state index is -0.244. The van der Waals surface area contributed by atoms with E-state index >= 15 is 0 Å². The predicted octanol–water partition coefficient (Wildman–Crippen LogP) is 4.08. The fourth-order valence-corrected chi connectivity index (χ4v) is 3.00. The molecule has 0 unspecified atom stereocenters. The fourth-order valence-electron chi connectivity index (χ4n) is 3.00. The largest absolute Gasteiger partial charge is 0.497 e. The summed E-state index contributed by atoms with van der Waals surface area (Å²) in [6.07, 6.45) is 0. The lowest BCUT2D eigenvalue weighted by Crippen LogP contribution is -2.39. The topological polar surface area (TPSA) is 41.6 Å². The molecule has 0 fully saturated rings. The molecule has 25 heavy (non-hydrogen) atoms. The molecule has 1 amide bonds. The molecule has 0 spiro atoms. The molecule has 0 saturated carbocycles. The van der Waals surface area contributed by atoms with Gasteiger partial charge in [0.2, 0.25) is 5.91 Å². The Morgan fingerprint density at radius 1 is 1.16 bits per heavy atom. The number of anilines is 1. The molecule has 0 heterocycles. The van der Waals surface area contributed by atoms with Gasteiger partial charge >= 0.3 is 0 Å². The van der Waals surface area contributed by atoms with Crippen LogP contribution in [0.15, 0.2) is 36.4 Å². The van der Waals surface area contributed by atoms with Crippen LogP contribution in [0.3, 0.4) is 0 Å². The first-order chi connectivity index (χ1) is 11.8. The van der Waals surface area contributed by atoms with Crippen molar-refractivity contribution in [3.05, 3.63) is 58.7 Å². The van der Waals surface area contributed by atoms with Gasteiger partial charge in [-0.25, -0.2) is 0 Å². The molecule has 0 aliphatic heterocycles. The highest BCUT2D eigenvalue weighted by atomic mass is 16.5. The number of hydrogen-bond acceptors (Lipinski definition) is 3. The molecule has 1 atom stereocenters. The van der Waals surface area contributed by atoms with Gasteiger partial charge in [0.15, 0.2) is 0 Å². The number of carbonyl (C=O) groups excluding carboxylic acids is 1. The summed E-state index contributed by atoms with van der Waals surface area (Å²) in [6, 6.07) is 11.9. The van der Waals surface area contributed by atoms with Crippen molar-refractivity contribution in [2.45, 2.75) is 40.3 Å². The number of likely N-dealkylation sites (N-methyl/N-ethyl adjacent to an activating group) is 1. The van der Waals surface area contributed by atoms with E-state index in [9.17, 15) is 4.79 Å². The van der Waals surface area contributed by atoms with Crippen LogP contribution in [-0.2, 0) is 11.3 Å². The quantitative estimate of drug-likeness (QED) is 0.861. The van der Waals surface area contributed by atoms with Crippen LogP contribution in [0.4, 0.5) is 5.69 Å². The normalized spacial score (nSPS) is 12.1. The second-order valence-corrected chi connectivity index (χ2v) is 6.71. The molecule has 134 valence electrons. The van der Waals surface area contributed by atoms with Crippen molar-refractivity contribution in [3.63, 3.8) is 0 Å².